The third-order valence-electron chi connectivity index (χ3n) is 3.79. The first-order valence-electron chi connectivity index (χ1n) is 5.31. The van der Waals surface area contributed by atoms with E-state index in [9.17, 15) is 4.79 Å². The molecule has 15 heavy (non-hydrogen) atoms. The normalized spacial score (nSPS) is 32.7. The van der Waals surface area contributed by atoms with Crippen LogP contribution in [-0.4, -0.2) is 28.6 Å². The van der Waals surface area contributed by atoms with Crippen LogP contribution < -0.4 is 5.32 Å². The van der Waals surface area contributed by atoms with Crippen LogP contribution in [0.4, 0.5) is 0 Å². The summed E-state index contributed by atoms with van der Waals surface area (Å²) in [5.74, 6) is -0.0821. The highest BCUT2D eigenvalue weighted by molar-refractivity contribution is 5.75. The molecule has 2 heterocycles. The molecule has 4 nitrogen and oxygen atoms in total. The predicted octanol–water partition coefficient (Wildman–Crippen LogP) is 0.635. The summed E-state index contributed by atoms with van der Waals surface area (Å²) in [5, 5.41) is 12.2. The van der Waals surface area contributed by atoms with Crippen LogP contribution in [0.3, 0.4) is 0 Å². The molecule has 0 aromatic carbocycles. The molecule has 3 unspecified atom stereocenters. The van der Waals surface area contributed by atoms with E-state index in [2.05, 4.69) is 17.2 Å². The minimum absolute atomic E-state index is 0.239. The van der Waals surface area contributed by atoms with Gasteiger partial charge in [-0.3, -0.25) is 4.79 Å². The molecule has 0 spiro atoms. The maximum absolute atomic E-state index is 11.0. The first-order valence-corrected chi connectivity index (χ1v) is 5.31. The zero-order valence-electron chi connectivity index (χ0n) is 8.58. The van der Waals surface area contributed by atoms with Crippen LogP contribution in [0.15, 0.2) is 6.20 Å². The molecule has 0 bridgehead atoms. The molecule has 3 rings (SSSR count). The summed E-state index contributed by atoms with van der Waals surface area (Å²) in [5.41, 5.74) is 3.87. The number of aliphatic carboxylic acids is 1. The van der Waals surface area contributed by atoms with Crippen LogP contribution >= 0.6 is 0 Å². The van der Waals surface area contributed by atoms with E-state index in [0.29, 0.717) is 5.92 Å². The molecule has 1 saturated heterocycles. The highest BCUT2D eigenvalue weighted by Crippen LogP contribution is 2.43. The van der Waals surface area contributed by atoms with Gasteiger partial charge in [-0.25, -0.2) is 0 Å². The Morgan fingerprint density at radius 1 is 1.60 bits per heavy atom. The molecule has 3 atom stereocenters. The van der Waals surface area contributed by atoms with Gasteiger partial charge in [-0.2, -0.15) is 0 Å². The maximum Gasteiger partial charge on any atom is 0.321 e. The van der Waals surface area contributed by atoms with Crippen molar-refractivity contribution in [2.24, 2.45) is 5.92 Å². The Hall–Kier alpha value is -1.29. The van der Waals surface area contributed by atoms with Crippen molar-refractivity contribution < 1.29 is 9.90 Å². The molecule has 80 valence electrons. The number of aryl methyl sites for hydroxylation is 1. The molecule has 1 aromatic rings. The monoisotopic (exact) mass is 206 g/mol. The van der Waals surface area contributed by atoms with Crippen molar-refractivity contribution in [2.75, 3.05) is 6.54 Å². The second-order valence-electron chi connectivity index (χ2n) is 4.56. The quantitative estimate of drug-likeness (QED) is 0.631. The van der Waals surface area contributed by atoms with Crippen LogP contribution in [0.2, 0.25) is 0 Å². The molecule has 1 aliphatic carbocycles. The van der Waals surface area contributed by atoms with E-state index >= 15 is 0 Å². The van der Waals surface area contributed by atoms with Crippen molar-refractivity contribution in [3.05, 3.63) is 23.0 Å². The summed E-state index contributed by atoms with van der Waals surface area (Å²) in [7, 11) is 0. The fourth-order valence-corrected chi connectivity index (χ4v) is 3.15. The first kappa shape index (κ1) is 8.97. The second-order valence-corrected chi connectivity index (χ2v) is 4.56. The summed E-state index contributed by atoms with van der Waals surface area (Å²) >= 11 is 0. The standard InChI is InChI=1S/C11H14N2O2/c1-5-3-12-8-2-6-7(9(5)8)4-13-10(6)11(14)15/h3,6-7,10,12-13H,2,4H2,1H3,(H,14,15). The lowest BCUT2D eigenvalue weighted by Crippen LogP contribution is -2.35. The van der Waals surface area contributed by atoms with Crippen molar-refractivity contribution in [1.29, 1.82) is 0 Å². The number of aromatic amines is 1. The number of aromatic nitrogens is 1. The van der Waals surface area contributed by atoms with Gasteiger partial charge in [-0.15, -0.1) is 0 Å². The third-order valence-corrected chi connectivity index (χ3v) is 3.79. The summed E-state index contributed by atoms with van der Waals surface area (Å²) in [6.45, 7) is 2.89. The lowest BCUT2D eigenvalue weighted by molar-refractivity contribution is -0.140. The van der Waals surface area contributed by atoms with E-state index < -0.39 is 5.97 Å². The van der Waals surface area contributed by atoms with Crippen molar-refractivity contribution >= 4 is 5.97 Å². The molecule has 0 radical (unpaired) electrons. The van der Waals surface area contributed by atoms with E-state index in [4.69, 9.17) is 5.11 Å². The second kappa shape index (κ2) is 2.85. The van der Waals surface area contributed by atoms with E-state index in [0.717, 1.165) is 13.0 Å². The van der Waals surface area contributed by atoms with E-state index in [-0.39, 0.29) is 12.0 Å². The van der Waals surface area contributed by atoms with E-state index in [1.807, 2.05) is 6.20 Å². The average molecular weight is 206 g/mol. The van der Waals surface area contributed by atoms with Gasteiger partial charge in [0.2, 0.25) is 0 Å². The fourth-order valence-electron chi connectivity index (χ4n) is 3.15. The van der Waals surface area contributed by atoms with Crippen LogP contribution in [0.5, 0.6) is 0 Å². The number of hydrogen-bond acceptors (Lipinski definition) is 2. The smallest absolute Gasteiger partial charge is 0.321 e. The zero-order chi connectivity index (χ0) is 10.6. The van der Waals surface area contributed by atoms with Gasteiger partial charge in [0.25, 0.3) is 0 Å². The van der Waals surface area contributed by atoms with Gasteiger partial charge in [0.1, 0.15) is 6.04 Å². The van der Waals surface area contributed by atoms with Crippen molar-refractivity contribution in [3.63, 3.8) is 0 Å². The van der Waals surface area contributed by atoms with Crippen LogP contribution in [0.25, 0.3) is 0 Å². The van der Waals surface area contributed by atoms with E-state index in [1.165, 1.54) is 16.8 Å². The Bertz CT molecular complexity index is 424. The molecule has 1 aromatic heterocycles. The number of nitrogens with one attached hydrogen (secondary N) is 2. The predicted molar refractivity (Wildman–Crippen MR) is 54.9 cm³/mol. The van der Waals surface area contributed by atoms with Gasteiger partial charge in [0.15, 0.2) is 0 Å². The number of H-pyrrole nitrogens is 1. The van der Waals surface area contributed by atoms with Gasteiger partial charge in [0.05, 0.1) is 0 Å². The van der Waals surface area contributed by atoms with E-state index in [1.54, 1.807) is 0 Å². The average Bonchev–Trinajstić information content (AvgIpc) is 2.76. The lowest BCUT2D eigenvalue weighted by atomic mass is 9.90. The Labute approximate surface area is 87.7 Å². The molecule has 1 fully saturated rings. The Balaban J connectivity index is 1.97. The maximum atomic E-state index is 11.0. The molecule has 4 heteroatoms. The van der Waals surface area contributed by atoms with Gasteiger partial charge in [-0.1, -0.05) is 0 Å². The molecular weight excluding hydrogens is 192 g/mol. The van der Waals surface area contributed by atoms with Crippen molar-refractivity contribution in [3.8, 4) is 0 Å². The first-order chi connectivity index (χ1) is 7.18. The Morgan fingerprint density at radius 3 is 3.13 bits per heavy atom. The highest BCUT2D eigenvalue weighted by Gasteiger charge is 2.46. The number of carboxylic acids is 1. The molecule has 2 aliphatic rings. The number of fused-ring (bicyclic) bond motifs is 3. The van der Waals surface area contributed by atoms with Crippen LogP contribution in [0.1, 0.15) is 22.7 Å². The number of carboxylic acid groups (broad SMARTS) is 1. The van der Waals surface area contributed by atoms with Crippen molar-refractivity contribution in [2.45, 2.75) is 25.3 Å². The van der Waals surface area contributed by atoms with Crippen LogP contribution in [0, 0.1) is 12.8 Å². The SMILES string of the molecule is Cc1c[nH]c2c1C1CNC(C(=O)O)C1C2. The Kier molecular flexibility index (Phi) is 1.71. The van der Waals surface area contributed by atoms with Crippen molar-refractivity contribution in [1.82, 2.24) is 10.3 Å². The Morgan fingerprint density at radius 2 is 2.40 bits per heavy atom. The molecule has 1 aliphatic heterocycles. The van der Waals surface area contributed by atoms with Gasteiger partial charge < -0.3 is 15.4 Å². The fraction of sp³-hybridized carbons (Fsp3) is 0.545. The minimum atomic E-state index is -0.717. The topological polar surface area (TPSA) is 65.1 Å². The molecule has 0 amide bonds. The summed E-state index contributed by atoms with van der Waals surface area (Å²) in [6, 6.07) is -0.366. The number of carbonyl (C=O) groups is 1. The third kappa shape index (κ3) is 1.08. The lowest BCUT2D eigenvalue weighted by Gasteiger charge is -2.13. The number of rotatable bonds is 1. The largest absolute Gasteiger partial charge is 0.480 e. The number of hydrogen-bond donors (Lipinski definition) is 3. The molecular formula is C11H14N2O2. The molecule has 0 saturated carbocycles. The summed E-state index contributed by atoms with van der Waals surface area (Å²) in [6.07, 6.45) is 2.90. The van der Waals surface area contributed by atoms with Crippen LogP contribution in [-0.2, 0) is 11.2 Å². The van der Waals surface area contributed by atoms with Gasteiger partial charge in [0, 0.05) is 24.4 Å². The highest BCUT2D eigenvalue weighted by atomic mass is 16.4. The zero-order valence-corrected chi connectivity index (χ0v) is 8.58. The van der Waals surface area contributed by atoms with Gasteiger partial charge in [-0.05, 0) is 30.4 Å². The van der Waals surface area contributed by atoms with Gasteiger partial charge >= 0.3 is 5.97 Å². The summed E-state index contributed by atoms with van der Waals surface area (Å²) in [4.78, 5) is 14.3. The molecule has 3 N–H and O–H groups in total. The summed E-state index contributed by atoms with van der Waals surface area (Å²) < 4.78 is 0. The minimum Gasteiger partial charge on any atom is -0.480 e.